The predicted octanol–water partition coefficient (Wildman–Crippen LogP) is 7.82. The largest absolute Gasteiger partial charge is 0.497 e. The smallest absolute Gasteiger partial charge is 0.266 e. The van der Waals surface area contributed by atoms with Crippen LogP contribution in [0.4, 0.5) is 5.69 Å². The van der Waals surface area contributed by atoms with Crippen LogP contribution in [0.25, 0.3) is 16.8 Å². The van der Waals surface area contributed by atoms with Crippen LogP contribution < -0.4 is 14.2 Å². The van der Waals surface area contributed by atoms with E-state index in [0.29, 0.717) is 34.7 Å². The molecule has 1 amide bonds. The van der Waals surface area contributed by atoms with E-state index in [-0.39, 0.29) is 5.91 Å². The summed E-state index contributed by atoms with van der Waals surface area (Å²) in [4.78, 5) is 20.1. The number of rotatable bonds is 8. The fourth-order valence-electron chi connectivity index (χ4n) is 4.24. The molecule has 0 atom stereocenters. The molecule has 4 aromatic rings. The Morgan fingerprint density at radius 3 is 2.44 bits per heavy atom. The van der Waals surface area contributed by atoms with Gasteiger partial charge in [0.05, 0.1) is 29.3 Å². The summed E-state index contributed by atoms with van der Waals surface area (Å²) in [6.07, 6.45) is 1.85. The highest BCUT2D eigenvalue weighted by atomic mass is 79.9. The fourth-order valence-corrected chi connectivity index (χ4v) is 5.87. The molecule has 39 heavy (non-hydrogen) atoms. The second-order valence-electron chi connectivity index (χ2n) is 8.76. The van der Waals surface area contributed by atoms with Crippen molar-refractivity contribution in [1.29, 1.82) is 0 Å². The van der Waals surface area contributed by atoms with Crippen molar-refractivity contribution in [2.24, 2.45) is 4.99 Å². The summed E-state index contributed by atoms with van der Waals surface area (Å²) in [5.74, 6) is 1.86. The molecule has 6 nitrogen and oxygen atoms in total. The highest BCUT2D eigenvalue weighted by Crippen LogP contribution is 2.40. The zero-order chi connectivity index (χ0) is 27.4. The number of fused-ring (bicyclic) bond motifs is 1. The first-order chi connectivity index (χ1) is 19.0. The van der Waals surface area contributed by atoms with Gasteiger partial charge in [-0.3, -0.25) is 9.69 Å². The number of nitrogens with zero attached hydrogens (tertiary/aromatic N) is 2. The van der Waals surface area contributed by atoms with Gasteiger partial charge in [-0.15, -0.1) is 0 Å². The number of likely N-dealkylation sites (N-methyl/N-ethyl adjacent to an activating group) is 1. The lowest BCUT2D eigenvalue weighted by atomic mass is 10.1. The van der Waals surface area contributed by atoms with E-state index in [4.69, 9.17) is 19.2 Å². The number of halogens is 1. The summed E-state index contributed by atoms with van der Waals surface area (Å²) in [5.41, 5.74) is 2.63. The Labute approximate surface area is 240 Å². The van der Waals surface area contributed by atoms with Gasteiger partial charge in [0.2, 0.25) is 0 Å². The molecule has 1 heterocycles. The maximum Gasteiger partial charge on any atom is 0.266 e. The second-order valence-corrected chi connectivity index (χ2v) is 10.6. The van der Waals surface area contributed by atoms with E-state index < -0.39 is 0 Å². The first-order valence-corrected chi connectivity index (χ1v) is 14.0. The first kappa shape index (κ1) is 26.8. The van der Waals surface area contributed by atoms with Crippen LogP contribution in [0.15, 0.2) is 93.2 Å². The number of carbonyl (C=O) groups excluding carboxylic acids is 1. The van der Waals surface area contributed by atoms with E-state index in [0.717, 1.165) is 27.0 Å². The van der Waals surface area contributed by atoms with Crippen LogP contribution in [-0.4, -0.2) is 36.7 Å². The Kier molecular flexibility index (Phi) is 8.24. The number of thioether (sulfide) groups is 1. The number of hydrogen-bond donors (Lipinski definition) is 0. The van der Waals surface area contributed by atoms with E-state index in [2.05, 4.69) is 46.3 Å². The molecular weight excluding hydrogens is 576 g/mol. The Morgan fingerprint density at radius 1 is 0.949 bits per heavy atom. The van der Waals surface area contributed by atoms with E-state index in [9.17, 15) is 4.79 Å². The third-order valence-corrected chi connectivity index (χ3v) is 7.84. The Morgan fingerprint density at radius 2 is 1.72 bits per heavy atom. The van der Waals surface area contributed by atoms with Crippen LogP contribution in [0, 0.1) is 0 Å². The number of methoxy groups -OCH3 is 2. The van der Waals surface area contributed by atoms with Crippen molar-refractivity contribution in [1.82, 2.24) is 4.90 Å². The van der Waals surface area contributed by atoms with Crippen LogP contribution in [0.3, 0.4) is 0 Å². The quantitative estimate of drug-likeness (QED) is 0.192. The van der Waals surface area contributed by atoms with Gasteiger partial charge in [-0.1, -0.05) is 36.4 Å². The number of ether oxygens (including phenoxy) is 3. The lowest BCUT2D eigenvalue weighted by Gasteiger charge is -2.14. The van der Waals surface area contributed by atoms with Crippen molar-refractivity contribution in [2.45, 2.75) is 13.5 Å². The molecule has 0 N–H and O–H groups in total. The van der Waals surface area contributed by atoms with Gasteiger partial charge in [0, 0.05) is 6.54 Å². The van der Waals surface area contributed by atoms with Gasteiger partial charge in [0.1, 0.15) is 12.4 Å². The molecule has 8 heteroatoms. The number of hydrogen-bond acceptors (Lipinski definition) is 6. The van der Waals surface area contributed by atoms with Gasteiger partial charge in [0.15, 0.2) is 16.7 Å². The first-order valence-electron chi connectivity index (χ1n) is 12.4. The molecule has 0 saturated carbocycles. The molecule has 1 aliphatic rings. The van der Waals surface area contributed by atoms with Gasteiger partial charge in [-0.05, 0) is 105 Å². The molecule has 0 aromatic heterocycles. The summed E-state index contributed by atoms with van der Waals surface area (Å²) < 4.78 is 17.8. The molecule has 198 valence electrons. The normalized spacial score (nSPS) is 15.4. The molecule has 5 rings (SSSR count). The topological polar surface area (TPSA) is 60.4 Å². The van der Waals surface area contributed by atoms with Gasteiger partial charge in [-0.2, -0.15) is 0 Å². The number of benzene rings is 4. The monoisotopic (exact) mass is 602 g/mol. The average molecular weight is 604 g/mol. The SMILES string of the molecule is CCN1C(=O)/C(=C\c2cc(Br)c(OCc3ccc4ccccc4c3)c(OC)c2)SC1=Nc1ccc(OC)cc1. The number of carbonyl (C=O) groups is 1. The fraction of sp³-hybridized carbons (Fsp3) is 0.161. The summed E-state index contributed by atoms with van der Waals surface area (Å²) in [7, 11) is 3.23. The van der Waals surface area contributed by atoms with Crippen molar-refractivity contribution in [3.05, 3.63) is 99.4 Å². The van der Waals surface area contributed by atoms with Crippen molar-refractivity contribution < 1.29 is 19.0 Å². The van der Waals surface area contributed by atoms with E-state index in [1.165, 1.54) is 22.5 Å². The number of aliphatic imine (C=N–C) groups is 1. The molecule has 0 spiro atoms. The maximum absolute atomic E-state index is 13.2. The highest BCUT2D eigenvalue weighted by molar-refractivity contribution is 9.10. The Balaban J connectivity index is 1.37. The molecule has 0 aliphatic carbocycles. The van der Waals surface area contributed by atoms with Gasteiger partial charge in [0.25, 0.3) is 5.91 Å². The lowest BCUT2D eigenvalue weighted by molar-refractivity contribution is -0.122. The van der Waals surface area contributed by atoms with E-state index in [1.807, 2.05) is 61.5 Å². The molecule has 1 aliphatic heterocycles. The summed E-state index contributed by atoms with van der Waals surface area (Å²) in [5, 5.41) is 3.00. The van der Waals surface area contributed by atoms with Crippen LogP contribution in [0.5, 0.6) is 17.2 Å². The van der Waals surface area contributed by atoms with Gasteiger partial charge < -0.3 is 14.2 Å². The van der Waals surface area contributed by atoms with Crippen molar-refractivity contribution in [2.75, 3.05) is 20.8 Å². The van der Waals surface area contributed by atoms with E-state index in [1.54, 1.807) is 19.1 Å². The molecule has 0 radical (unpaired) electrons. The Bertz CT molecular complexity index is 1580. The molecule has 4 aromatic carbocycles. The van der Waals surface area contributed by atoms with Crippen molar-refractivity contribution in [3.8, 4) is 17.2 Å². The van der Waals surface area contributed by atoms with E-state index >= 15 is 0 Å². The van der Waals surface area contributed by atoms with Crippen molar-refractivity contribution >= 4 is 61.3 Å². The lowest BCUT2D eigenvalue weighted by Crippen LogP contribution is -2.28. The average Bonchev–Trinajstić information content (AvgIpc) is 3.25. The Hall–Kier alpha value is -3.75. The third-order valence-electron chi connectivity index (χ3n) is 6.25. The molecule has 1 fully saturated rings. The minimum atomic E-state index is -0.0820. The molecular formula is C31H27BrN2O4S. The van der Waals surface area contributed by atoms with Gasteiger partial charge >= 0.3 is 0 Å². The summed E-state index contributed by atoms with van der Waals surface area (Å²) >= 11 is 4.99. The number of amidine groups is 1. The minimum absolute atomic E-state index is 0.0820. The van der Waals surface area contributed by atoms with Crippen molar-refractivity contribution in [3.63, 3.8) is 0 Å². The zero-order valence-corrected chi connectivity index (χ0v) is 24.2. The minimum Gasteiger partial charge on any atom is -0.497 e. The van der Waals surface area contributed by atoms with Gasteiger partial charge in [-0.25, -0.2) is 4.99 Å². The van der Waals surface area contributed by atoms with Crippen LogP contribution in [0.2, 0.25) is 0 Å². The zero-order valence-electron chi connectivity index (χ0n) is 21.8. The predicted molar refractivity (Wildman–Crippen MR) is 162 cm³/mol. The third kappa shape index (κ3) is 5.97. The van der Waals surface area contributed by atoms with Crippen LogP contribution in [0.1, 0.15) is 18.1 Å². The highest BCUT2D eigenvalue weighted by Gasteiger charge is 2.32. The molecule has 1 saturated heterocycles. The van der Waals surface area contributed by atoms with Crippen LogP contribution in [-0.2, 0) is 11.4 Å². The van der Waals surface area contributed by atoms with Crippen LogP contribution >= 0.6 is 27.7 Å². The number of amides is 1. The molecule has 0 bridgehead atoms. The maximum atomic E-state index is 13.2. The summed E-state index contributed by atoms with van der Waals surface area (Å²) in [6, 6.07) is 25.8. The second kappa shape index (κ2) is 12.0. The molecule has 0 unspecified atom stereocenters. The summed E-state index contributed by atoms with van der Waals surface area (Å²) in [6.45, 7) is 2.85. The standard InChI is InChI=1S/C31H27BrN2O4S/c1-4-34-30(35)28(39-31(34)33-24-11-13-25(36-2)14-12-24)18-21-16-26(32)29(27(17-21)37-3)38-19-20-9-10-22-7-5-6-8-23(22)15-20/h5-18H,4,19H2,1-3H3/b28-18+,33-31?.